The van der Waals surface area contributed by atoms with E-state index in [1.807, 2.05) is 0 Å². The highest BCUT2D eigenvalue weighted by molar-refractivity contribution is 5.26. The van der Waals surface area contributed by atoms with Crippen LogP contribution in [0, 0.1) is 0 Å². The summed E-state index contributed by atoms with van der Waals surface area (Å²) in [5.74, 6) is 0.628. The van der Waals surface area contributed by atoms with Gasteiger partial charge in [-0.05, 0) is 39.2 Å². The molecule has 5 nitrogen and oxygen atoms in total. The van der Waals surface area contributed by atoms with Gasteiger partial charge in [-0.3, -0.25) is 0 Å². The number of nitrogens with one attached hydrogen (secondary N) is 1. The molecule has 0 fully saturated rings. The van der Waals surface area contributed by atoms with Crippen molar-refractivity contribution < 1.29 is 0 Å². The summed E-state index contributed by atoms with van der Waals surface area (Å²) < 4.78 is 0. The highest BCUT2D eigenvalue weighted by Crippen LogP contribution is 2.09. The van der Waals surface area contributed by atoms with Crippen molar-refractivity contribution in [2.75, 3.05) is 11.9 Å². The average Bonchev–Trinajstić information content (AvgIpc) is 2.36. The largest absolute Gasteiger partial charge is 0.350 e. The fourth-order valence-corrected chi connectivity index (χ4v) is 1.72. The third-order valence-corrected chi connectivity index (χ3v) is 2.73. The van der Waals surface area contributed by atoms with E-state index in [2.05, 4.69) is 41.3 Å². The van der Waals surface area contributed by atoms with E-state index in [1.165, 1.54) is 0 Å². The second-order valence-electron chi connectivity index (χ2n) is 4.21. The minimum absolute atomic E-state index is 0.331. The number of anilines is 1. The van der Waals surface area contributed by atoms with Gasteiger partial charge in [-0.1, -0.05) is 13.8 Å². The van der Waals surface area contributed by atoms with E-state index >= 15 is 0 Å². The standard InChI is InChI=1S/C12H23N5/c1-4-10-11(5-2)16-17-12(15-10)14-9(3)7-6-8-13/h9H,4-8,13H2,1-3H3,(H,14,15,17). The predicted molar refractivity (Wildman–Crippen MR) is 70.0 cm³/mol. The third kappa shape index (κ3) is 4.26. The molecular formula is C12H23N5. The highest BCUT2D eigenvalue weighted by Gasteiger charge is 2.08. The summed E-state index contributed by atoms with van der Waals surface area (Å²) >= 11 is 0. The Morgan fingerprint density at radius 2 is 1.88 bits per heavy atom. The Bertz CT molecular complexity index is 340. The van der Waals surface area contributed by atoms with Gasteiger partial charge in [-0.2, -0.15) is 5.10 Å². The molecule has 1 atom stereocenters. The third-order valence-electron chi connectivity index (χ3n) is 2.73. The van der Waals surface area contributed by atoms with E-state index in [-0.39, 0.29) is 0 Å². The maximum absolute atomic E-state index is 5.48. The van der Waals surface area contributed by atoms with Crippen molar-refractivity contribution in [1.29, 1.82) is 0 Å². The molecule has 1 unspecified atom stereocenters. The lowest BCUT2D eigenvalue weighted by molar-refractivity contribution is 0.653. The molecule has 0 saturated heterocycles. The van der Waals surface area contributed by atoms with E-state index in [4.69, 9.17) is 5.73 Å². The first-order valence-corrected chi connectivity index (χ1v) is 6.40. The van der Waals surface area contributed by atoms with Gasteiger partial charge in [0.15, 0.2) is 0 Å². The number of nitrogens with zero attached hydrogens (tertiary/aromatic N) is 3. The van der Waals surface area contributed by atoms with Crippen molar-refractivity contribution in [3.8, 4) is 0 Å². The maximum Gasteiger partial charge on any atom is 0.243 e. The van der Waals surface area contributed by atoms with Crippen LogP contribution in [0.15, 0.2) is 0 Å². The molecule has 0 aliphatic carbocycles. The number of hydrogen-bond donors (Lipinski definition) is 2. The number of hydrogen-bond acceptors (Lipinski definition) is 5. The van der Waals surface area contributed by atoms with Crippen LogP contribution in [0.2, 0.25) is 0 Å². The number of aryl methyl sites for hydroxylation is 2. The zero-order valence-corrected chi connectivity index (χ0v) is 11.0. The van der Waals surface area contributed by atoms with Gasteiger partial charge in [0.25, 0.3) is 0 Å². The van der Waals surface area contributed by atoms with Crippen LogP contribution in [0.5, 0.6) is 0 Å². The van der Waals surface area contributed by atoms with Gasteiger partial charge in [0.05, 0.1) is 11.4 Å². The van der Waals surface area contributed by atoms with Crippen LogP contribution < -0.4 is 11.1 Å². The Kier molecular flexibility index (Phi) is 5.83. The Morgan fingerprint density at radius 1 is 1.18 bits per heavy atom. The summed E-state index contributed by atoms with van der Waals surface area (Å²) in [6, 6.07) is 0.331. The first kappa shape index (κ1) is 13.8. The van der Waals surface area contributed by atoms with Crippen molar-refractivity contribution >= 4 is 5.95 Å². The van der Waals surface area contributed by atoms with Gasteiger partial charge in [-0.15, -0.1) is 5.10 Å². The Balaban J connectivity index is 2.65. The summed E-state index contributed by atoms with van der Waals surface area (Å²) in [6.07, 6.45) is 3.81. The van der Waals surface area contributed by atoms with E-state index in [0.29, 0.717) is 12.0 Å². The molecule has 17 heavy (non-hydrogen) atoms. The Morgan fingerprint density at radius 3 is 2.47 bits per heavy atom. The van der Waals surface area contributed by atoms with Gasteiger partial charge >= 0.3 is 0 Å². The lowest BCUT2D eigenvalue weighted by Gasteiger charge is -2.13. The quantitative estimate of drug-likeness (QED) is 0.752. The van der Waals surface area contributed by atoms with Crippen LogP contribution in [0.3, 0.4) is 0 Å². The summed E-state index contributed by atoms with van der Waals surface area (Å²) in [4.78, 5) is 4.49. The van der Waals surface area contributed by atoms with Crippen molar-refractivity contribution in [3.63, 3.8) is 0 Å². The van der Waals surface area contributed by atoms with Gasteiger partial charge in [0, 0.05) is 6.04 Å². The zero-order valence-electron chi connectivity index (χ0n) is 11.0. The van der Waals surface area contributed by atoms with Gasteiger partial charge < -0.3 is 11.1 Å². The SMILES string of the molecule is CCc1nnc(NC(C)CCCN)nc1CC. The van der Waals surface area contributed by atoms with E-state index < -0.39 is 0 Å². The summed E-state index contributed by atoms with van der Waals surface area (Å²) in [5.41, 5.74) is 7.51. The van der Waals surface area contributed by atoms with Crippen molar-refractivity contribution in [1.82, 2.24) is 15.2 Å². The van der Waals surface area contributed by atoms with Crippen LogP contribution in [-0.2, 0) is 12.8 Å². The summed E-state index contributed by atoms with van der Waals surface area (Å²) in [5, 5.41) is 11.6. The van der Waals surface area contributed by atoms with Crippen LogP contribution in [0.1, 0.15) is 45.0 Å². The van der Waals surface area contributed by atoms with Crippen LogP contribution in [0.4, 0.5) is 5.95 Å². The van der Waals surface area contributed by atoms with E-state index in [9.17, 15) is 0 Å². The van der Waals surface area contributed by atoms with Crippen molar-refractivity contribution in [2.24, 2.45) is 5.73 Å². The molecule has 0 amide bonds. The molecular weight excluding hydrogens is 214 g/mol. The molecule has 3 N–H and O–H groups in total. The molecule has 0 saturated carbocycles. The van der Waals surface area contributed by atoms with E-state index in [1.54, 1.807) is 0 Å². The molecule has 96 valence electrons. The fourth-order valence-electron chi connectivity index (χ4n) is 1.72. The van der Waals surface area contributed by atoms with Gasteiger partial charge in [-0.25, -0.2) is 4.98 Å². The minimum atomic E-state index is 0.331. The maximum atomic E-state index is 5.48. The molecule has 1 aromatic rings. The number of nitrogens with two attached hydrogens (primary N) is 1. The monoisotopic (exact) mass is 237 g/mol. The molecule has 0 aromatic carbocycles. The molecule has 1 rings (SSSR count). The summed E-state index contributed by atoms with van der Waals surface area (Å²) in [7, 11) is 0. The normalized spacial score (nSPS) is 12.5. The first-order chi connectivity index (χ1) is 8.21. The molecule has 1 aromatic heterocycles. The lowest BCUT2D eigenvalue weighted by Crippen LogP contribution is -2.19. The van der Waals surface area contributed by atoms with Gasteiger partial charge in [0.1, 0.15) is 0 Å². The Labute approximate surface area is 103 Å². The number of aromatic nitrogens is 3. The molecule has 0 aliphatic rings. The fraction of sp³-hybridized carbons (Fsp3) is 0.750. The van der Waals surface area contributed by atoms with Crippen LogP contribution >= 0.6 is 0 Å². The average molecular weight is 237 g/mol. The second-order valence-corrected chi connectivity index (χ2v) is 4.21. The first-order valence-electron chi connectivity index (χ1n) is 6.40. The lowest BCUT2D eigenvalue weighted by atomic mass is 10.2. The molecule has 0 spiro atoms. The minimum Gasteiger partial charge on any atom is -0.350 e. The predicted octanol–water partition coefficient (Wildman–Crippen LogP) is 1.54. The summed E-state index contributed by atoms with van der Waals surface area (Å²) in [6.45, 7) is 6.99. The molecule has 5 heteroatoms. The molecule has 1 heterocycles. The van der Waals surface area contributed by atoms with Gasteiger partial charge in [0.2, 0.25) is 5.95 Å². The van der Waals surface area contributed by atoms with Crippen molar-refractivity contribution in [2.45, 2.75) is 52.5 Å². The molecule has 0 aliphatic heterocycles. The van der Waals surface area contributed by atoms with Crippen LogP contribution in [-0.4, -0.2) is 27.8 Å². The highest BCUT2D eigenvalue weighted by atomic mass is 15.2. The van der Waals surface area contributed by atoms with Crippen molar-refractivity contribution in [3.05, 3.63) is 11.4 Å². The topological polar surface area (TPSA) is 76.7 Å². The van der Waals surface area contributed by atoms with E-state index in [0.717, 1.165) is 43.6 Å². The number of rotatable bonds is 7. The Hall–Kier alpha value is -1.23. The smallest absolute Gasteiger partial charge is 0.243 e. The van der Waals surface area contributed by atoms with Crippen LogP contribution in [0.25, 0.3) is 0 Å². The molecule has 0 bridgehead atoms. The second kappa shape index (κ2) is 7.17. The molecule has 0 radical (unpaired) electrons. The zero-order chi connectivity index (χ0) is 12.7.